The lowest BCUT2D eigenvalue weighted by Gasteiger charge is -2.35. The molecule has 0 amide bonds. The number of benzene rings is 2. The second-order valence-electron chi connectivity index (χ2n) is 6.31. The molecule has 2 aromatic carbocycles. The van der Waals surface area contributed by atoms with Gasteiger partial charge in [0.05, 0.1) is 31.5 Å². The van der Waals surface area contributed by atoms with E-state index in [1.807, 2.05) is 29.2 Å². The third-order valence-corrected chi connectivity index (χ3v) is 4.56. The largest absolute Gasteiger partial charge is 0.497 e. The lowest BCUT2D eigenvalue weighted by Crippen LogP contribution is -2.42. The number of anilines is 2. The highest BCUT2D eigenvalue weighted by molar-refractivity contribution is 5.56. The normalized spacial score (nSPS) is 16.7. The summed E-state index contributed by atoms with van der Waals surface area (Å²) in [6.07, 6.45) is 1.95. The van der Waals surface area contributed by atoms with Gasteiger partial charge >= 0.3 is 0 Å². The summed E-state index contributed by atoms with van der Waals surface area (Å²) in [4.78, 5) is 2.02. The summed E-state index contributed by atoms with van der Waals surface area (Å²) >= 11 is 0. The van der Waals surface area contributed by atoms with Gasteiger partial charge in [0, 0.05) is 43.0 Å². The summed E-state index contributed by atoms with van der Waals surface area (Å²) in [6, 6.07) is 12.4. The van der Waals surface area contributed by atoms with Crippen molar-refractivity contribution in [1.82, 2.24) is 0 Å². The van der Waals surface area contributed by atoms with Crippen molar-refractivity contribution in [2.75, 3.05) is 37.5 Å². The number of halogens is 1. The number of rotatable bonds is 5. The van der Waals surface area contributed by atoms with Crippen molar-refractivity contribution < 1.29 is 13.9 Å². The van der Waals surface area contributed by atoms with Gasteiger partial charge in [-0.2, -0.15) is 5.26 Å². The Morgan fingerprint density at radius 1 is 1.15 bits per heavy atom. The first-order valence-electron chi connectivity index (χ1n) is 8.57. The van der Waals surface area contributed by atoms with Crippen LogP contribution in [0.4, 0.5) is 15.8 Å². The Bertz CT molecular complexity index is 797. The number of piperidine rings is 1. The molecule has 0 radical (unpaired) electrons. The molecule has 3 rings (SSSR count). The van der Waals surface area contributed by atoms with Crippen LogP contribution in [-0.4, -0.2) is 33.4 Å². The van der Waals surface area contributed by atoms with Gasteiger partial charge in [-0.25, -0.2) is 4.39 Å². The van der Waals surface area contributed by atoms with E-state index in [1.54, 1.807) is 26.4 Å². The molecular formula is C20H22FN3O2. The van der Waals surface area contributed by atoms with Gasteiger partial charge in [-0.15, -0.1) is 0 Å². The molecule has 1 N–H and O–H groups in total. The van der Waals surface area contributed by atoms with Crippen LogP contribution < -0.4 is 19.7 Å². The van der Waals surface area contributed by atoms with Crippen LogP contribution in [0.15, 0.2) is 36.4 Å². The van der Waals surface area contributed by atoms with Gasteiger partial charge in [-0.3, -0.25) is 0 Å². The molecule has 1 heterocycles. The lowest BCUT2D eigenvalue weighted by molar-refractivity contribution is 0.394. The molecule has 0 spiro atoms. The van der Waals surface area contributed by atoms with Crippen molar-refractivity contribution in [2.24, 2.45) is 0 Å². The number of nitrogens with one attached hydrogen (secondary N) is 1. The van der Waals surface area contributed by atoms with Crippen LogP contribution in [0.5, 0.6) is 11.5 Å². The van der Waals surface area contributed by atoms with Gasteiger partial charge in [0.1, 0.15) is 17.3 Å². The van der Waals surface area contributed by atoms with Gasteiger partial charge in [-0.05, 0) is 31.0 Å². The number of nitrogens with zero attached hydrogens (tertiary/aromatic N) is 2. The van der Waals surface area contributed by atoms with Crippen LogP contribution in [0.3, 0.4) is 0 Å². The molecule has 1 fully saturated rings. The number of hydrogen-bond acceptors (Lipinski definition) is 5. The van der Waals surface area contributed by atoms with Crippen molar-refractivity contribution in [1.29, 1.82) is 5.26 Å². The molecule has 2 aromatic rings. The zero-order valence-corrected chi connectivity index (χ0v) is 15.0. The fourth-order valence-electron chi connectivity index (χ4n) is 3.27. The smallest absolute Gasteiger partial charge is 0.147 e. The molecule has 1 aliphatic heterocycles. The average molecular weight is 355 g/mol. The van der Waals surface area contributed by atoms with Crippen LogP contribution in [0.2, 0.25) is 0 Å². The molecule has 26 heavy (non-hydrogen) atoms. The van der Waals surface area contributed by atoms with E-state index < -0.39 is 0 Å². The minimum absolute atomic E-state index is 0.176. The maximum atomic E-state index is 14.3. The Morgan fingerprint density at radius 2 is 1.88 bits per heavy atom. The van der Waals surface area contributed by atoms with E-state index in [0.29, 0.717) is 17.8 Å². The Morgan fingerprint density at radius 3 is 2.50 bits per heavy atom. The molecular weight excluding hydrogens is 333 g/mol. The van der Waals surface area contributed by atoms with Gasteiger partial charge in [-0.1, -0.05) is 0 Å². The van der Waals surface area contributed by atoms with E-state index in [0.717, 1.165) is 36.6 Å². The predicted octanol–water partition coefficient (Wildman–Crippen LogP) is 3.80. The molecule has 6 heteroatoms. The molecule has 0 aliphatic carbocycles. The summed E-state index contributed by atoms with van der Waals surface area (Å²) < 4.78 is 24.9. The van der Waals surface area contributed by atoms with Crippen molar-refractivity contribution >= 4 is 11.4 Å². The zero-order valence-electron chi connectivity index (χ0n) is 15.0. The first-order chi connectivity index (χ1) is 12.6. The van der Waals surface area contributed by atoms with Crippen molar-refractivity contribution in [3.63, 3.8) is 0 Å². The van der Waals surface area contributed by atoms with E-state index >= 15 is 0 Å². The van der Waals surface area contributed by atoms with E-state index in [9.17, 15) is 4.39 Å². The summed E-state index contributed by atoms with van der Waals surface area (Å²) in [5.74, 6) is 1.09. The number of hydrogen-bond donors (Lipinski definition) is 1. The Hall–Kier alpha value is -2.94. The summed E-state index contributed by atoms with van der Waals surface area (Å²) in [5.41, 5.74) is 1.79. The maximum absolute atomic E-state index is 14.3. The standard InChI is InChI=1S/C20H22FN3O2/c1-25-17-9-16(10-18(11-17)26-2)23-15-4-3-7-24(13-15)20-6-5-14(12-22)8-19(20)21/h5-6,8-11,15,23H,3-4,7,13H2,1-2H3. The molecule has 1 atom stereocenters. The Labute approximate surface area is 152 Å². The SMILES string of the molecule is COc1cc(NC2CCCN(c3ccc(C#N)cc3F)C2)cc(OC)c1. The van der Waals surface area contributed by atoms with Crippen molar-refractivity contribution in [2.45, 2.75) is 18.9 Å². The lowest BCUT2D eigenvalue weighted by atomic mass is 10.0. The summed E-state index contributed by atoms with van der Waals surface area (Å²) in [6.45, 7) is 1.48. The molecule has 1 saturated heterocycles. The Kier molecular flexibility index (Phi) is 5.47. The molecule has 1 aliphatic rings. The van der Waals surface area contributed by atoms with Gasteiger partial charge < -0.3 is 19.7 Å². The minimum Gasteiger partial charge on any atom is -0.497 e. The number of methoxy groups -OCH3 is 2. The number of ether oxygens (including phenoxy) is 2. The quantitative estimate of drug-likeness (QED) is 0.884. The van der Waals surface area contributed by atoms with E-state index in [-0.39, 0.29) is 11.9 Å². The first kappa shape index (κ1) is 17.9. The second kappa shape index (κ2) is 7.96. The third-order valence-electron chi connectivity index (χ3n) is 4.56. The van der Waals surface area contributed by atoms with E-state index in [4.69, 9.17) is 14.7 Å². The molecule has 1 unspecified atom stereocenters. The number of nitriles is 1. The van der Waals surface area contributed by atoms with Gasteiger partial charge in [0.25, 0.3) is 0 Å². The van der Waals surface area contributed by atoms with Gasteiger partial charge in [0.15, 0.2) is 0 Å². The fourth-order valence-corrected chi connectivity index (χ4v) is 3.27. The van der Waals surface area contributed by atoms with E-state index in [1.165, 1.54) is 6.07 Å². The monoisotopic (exact) mass is 355 g/mol. The van der Waals surface area contributed by atoms with Crippen LogP contribution in [0.25, 0.3) is 0 Å². The molecule has 136 valence electrons. The maximum Gasteiger partial charge on any atom is 0.147 e. The molecule has 0 saturated carbocycles. The third kappa shape index (κ3) is 3.99. The molecule has 5 nitrogen and oxygen atoms in total. The average Bonchev–Trinajstić information content (AvgIpc) is 2.67. The predicted molar refractivity (Wildman–Crippen MR) is 99.5 cm³/mol. The topological polar surface area (TPSA) is 57.5 Å². The van der Waals surface area contributed by atoms with Crippen LogP contribution in [-0.2, 0) is 0 Å². The van der Waals surface area contributed by atoms with Crippen LogP contribution in [0, 0.1) is 17.1 Å². The first-order valence-corrected chi connectivity index (χ1v) is 8.57. The fraction of sp³-hybridized carbons (Fsp3) is 0.350. The van der Waals surface area contributed by atoms with Crippen LogP contribution in [0.1, 0.15) is 18.4 Å². The highest BCUT2D eigenvalue weighted by atomic mass is 19.1. The summed E-state index contributed by atoms with van der Waals surface area (Å²) in [5, 5.41) is 12.4. The van der Waals surface area contributed by atoms with Crippen molar-refractivity contribution in [3.8, 4) is 17.6 Å². The van der Waals surface area contributed by atoms with Crippen LogP contribution >= 0.6 is 0 Å². The van der Waals surface area contributed by atoms with Gasteiger partial charge in [0.2, 0.25) is 0 Å². The summed E-state index contributed by atoms with van der Waals surface area (Å²) in [7, 11) is 3.24. The van der Waals surface area contributed by atoms with Crippen molar-refractivity contribution in [3.05, 3.63) is 47.8 Å². The highest BCUT2D eigenvalue weighted by Crippen LogP contribution is 2.29. The second-order valence-corrected chi connectivity index (χ2v) is 6.31. The Balaban J connectivity index is 1.74. The minimum atomic E-state index is -0.354. The molecule has 0 aromatic heterocycles. The zero-order chi connectivity index (χ0) is 18.5. The molecule has 0 bridgehead atoms. The van der Waals surface area contributed by atoms with E-state index in [2.05, 4.69) is 5.32 Å². The highest BCUT2D eigenvalue weighted by Gasteiger charge is 2.22.